The molecule has 8 heteroatoms. The van der Waals surface area contributed by atoms with Crippen molar-refractivity contribution in [3.8, 4) is 5.69 Å². The van der Waals surface area contributed by atoms with E-state index in [0.717, 1.165) is 11.4 Å². The lowest BCUT2D eigenvalue weighted by Gasteiger charge is -2.33. The lowest BCUT2D eigenvalue weighted by atomic mass is 10.1. The molecule has 32 heavy (non-hydrogen) atoms. The lowest BCUT2D eigenvalue weighted by molar-refractivity contribution is 0.0587. The fourth-order valence-corrected chi connectivity index (χ4v) is 4.18. The summed E-state index contributed by atoms with van der Waals surface area (Å²) in [6.45, 7) is 9.82. The first-order valence-corrected chi connectivity index (χ1v) is 10.7. The Morgan fingerprint density at radius 2 is 1.75 bits per heavy atom. The Kier molecular flexibility index (Phi) is 5.97. The van der Waals surface area contributed by atoms with E-state index in [-0.39, 0.29) is 29.8 Å². The van der Waals surface area contributed by atoms with Gasteiger partial charge in [0.25, 0.3) is 5.91 Å². The summed E-state index contributed by atoms with van der Waals surface area (Å²) < 4.78 is 21.1. The molecule has 0 aliphatic carbocycles. The zero-order valence-electron chi connectivity index (χ0n) is 18.8. The van der Waals surface area contributed by atoms with Gasteiger partial charge < -0.3 is 14.0 Å². The van der Waals surface area contributed by atoms with E-state index in [1.54, 1.807) is 30.9 Å². The number of rotatable bonds is 5. The number of carbonyl (C=O) groups is 2. The number of aromatic nitrogens is 2. The van der Waals surface area contributed by atoms with E-state index in [4.69, 9.17) is 4.52 Å². The molecule has 4 rings (SSSR count). The molecule has 0 atom stereocenters. The molecule has 7 nitrogen and oxygen atoms in total. The fraction of sp³-hybridized carbons (Fsp3) is 0.375. The number of Topliss-reactive ketones (excluding diaryl/α,β-unsaturated/α-hetero) is 1. The van der Waals surface area contributed by atoms with Gasteiger partial charge in [-0.1, -0.05) is 11.2 Å². The Morgan fingerprint density at radius 3 is 2.38 bits per heavy atom. The highest BCUT2D eigenvalue weighted by Gasteiger charge is 2.26. The van der Waals surface area contributed by atoms with Gasteiger partial charge in [0.05, 0.1) is 12.2 Å². The molecule has 3 heterocycles. The average Bonchev–Trinajstić information content (AvgIpc) is 3.33. The minimum atomic E-state index is -0.268. The van der Waals surface area contributed by atoms with Gasteiger partial charge in [-0.2, -0.15) is 0 Å². The summed E-state index contributed by atoms with van der Waals surface area (Å²) in [5, 5.41) is 3.77. The van der Waals surface area contributed by atoms with Gasteiger partial charge in [-0.05, 0) is 51.5 Å². The number of amides is 1. The van der Waals surface area contributed by atoms with Crippen LogP contribution in [0.25, 0.3) is 5.69 Å². The van der Waals surface area contributed by atoms with E-state index in [1.165, 1.54) is 6.07 Å². The molecule has 1 aliphatic heterocycles. The maximum Gasteiger partial charge on any atom is 0.292 e. The largest absolute Gasteiger partial charge is 0.351 e. The van der Waals surface area contributed by atoms with E-state index in [1.807, 2.05) is 30.5 Å². The molecule has 0 bridgehead atoms. The second-order valence-corrected chi connectivity index (χ2v) is 8.38. The van der Waals surface area contributed by atoms with Crippen LogP contribution in [0.5, 0.6) is 0 Å². The summed E-state index contributed by atoms with van der Waals surface area (Å²) in [4.78, 5) is 29.3. The molecule has 1 fully saturated rings. The smallest absolute Gasteiger partial charge is 0.292 e. The fourth-order valence-electron chi connectivity index (χ4n) is 4.18. The first-order chi connectivity index (χ1) is 15.2. The van der Waals surface area contributed by atoms with Crippen LogP contribution in [0.2, 0.25) is 0 Å². The van der Waals surface area contributed by atoms with Crippen molar-refractivity contribution >= 4 is 11.7 Å². The molecule has 1 aromatic carbocycles. The second kappa shape index (κ2) is 8.70. The predicted molar refractivity (Wildman–Crippen MR) is 118 cm³/mol. The van der Waals surface area contributed by atoms with Gasteiger partial charge in [0.2, 0.25) is 5.76 Å². The Labute approximate surface area is 186 Å². The number of halogens is 1. The Morgan fingerprint density at radius 1 is 1.03 bits per heavy atom. The molecule has 1 amide bonds. The summed E-state index contributed by atoms with van der Waals surface area (Å²) in [6.07, 6.45) is 0. The maximum atomic E-state index is 14.1. The molecule has 0 unspecified atom stereocenters. The standard InChI is InChI=1S/C24H27FN4O3/c1-15-5-6-19(13-21(15)25)29-17(3)12-20(18(29)4)22(30)14-27-7-9-28(10-8-27)24(31)23-11-16(2)26-32-23/h5-6,11-13H,7-10,14H2,1-4H3. The monoisotopic (exact) mass is 438 g/mol. The van der Waals surface area contributed by atoms with E-state index in [2.05, 4.69) is 10.1 Å². The van der Waals surface area contributed by atoms with E-state index < -0.39 is 0 Å². The summed E-state index contributed by atoms with van der Waals surface area (Å²) in [5.41, 5.74) is 4.28. The maximum absolute atomic E-state index is 14.1. The van der Waals surface area contributed by atoms with Crippen LogP contribution in [-0.2, 0) is 0 Å². The molecule has 3 aromatic rings. The van der Waals surface area contributed by atoms with Crippen LogP contribution in [0.4, 0.5) is 4.39 Å². The number of piperazine rings is 1. The highest BCUT2D eigenvalue weighted by molar-refractivity contribution is 5.99. The molecule has 1 aliphatic rings. The van der Waals surface area contributed by atoms with E-state index in [0.29, 0.717) is 48.7 Å². The zero-order chi connectivity index (χ0) is 23.0. The van der Waals surface area contributed by atoms with Crippen LogP contribution < -0.4 is 0 Å². The molecule has 1 saturated heterocycles. The van der Waals surface area contributed by atoms with Gasteiger partial charge in [0.1, 0.15) is 5.82 Å². The lowest BCUT2D eigenvalue weighted by Crippen LogP contribution is -2.49. The molecule has 168 valence electrons. The van der Waals surface area contributed by atoms with Crippen LogP contribution >= 0.6 is 0 Å². The molecule has 0 saturated carbocycles. The quantitative estimate of drug-likeness (QED) is 0.571. The van der Waals surface area contributed by atoms with Crippen LogP contribution in [0, 0.1) is 33.5 Å². The van der Waals surface area contributed by atoms with Gasteiger partial charge in [-0.15, -0.1) is 0 Å². The molecule has 0 N–H and O–H groups in total. The summed E-state index contributed by atoms with van der Waals surface area (Å²) in [5.74, 6) is -0.184. The number of hydrogen-bond acceptors (Lipinski definition) is 5. The first-order valence-electron chi connectivity index (χ1n) is 10.7. The van der Waals surface area contributed by atoms with Crippen LogP contribution in [0.15, 0.2) is 34.9 Å². The number of nitrogens with zero attached hydrogens (tertiary/aromatic N) is 4. The van der Waals surface area contributed by atoms with Crippen LogP contribution in [-0.4, -0.2) is 63.9 Å². The Bertz CT molecular complexity index is 1170. The van der Waals surface area contributed by atoms with Crippen molar-refractivity contribution in [3.05, 3.63) is 70.1 Å². The number of benzene rings is 1. The van der Waals surface area contributed by atoms with E-state index >= 15 is 0 Å². The second-order valence-electron chi connectivity index (χ2n) is 8.38. The van der Waals surface area contributed by atoms with Gasteiger partial charge in [0.15, 0.2) is 5.78 Å². The van der Waals surface area contributed by atoms with Crippen molar-refractivity contribution in [1.29, 1.82) is 0 Å². The topological polar surface area (TPSA) is 71.6 Å². The minimum absolute atomic E-state index is 0.0163. The SMILES string of the molecule is Cc1cc(C(=O)N2CCN(CC(=O)c3cc(C)n(-c4ccc(C)c(F)c4)c3C)CC2)on1. The third kappa shape index (κ3) is 4.23. The van der Waals surface area contributed by atoms with Crippen molar-refractivity contribution < 1.29 is 18.5 Å². The van der Waals surface area contributed by atoms with Crippen molar-refractivity contribution in [2.75, 3.05) is 32.7 Å². The van der Waals surface area contributed by atoms with Crippen LogP contribution in [0.3, 0.4) is 0 Å². The molecular formula is C24H27FN4O3. The third-order valence-corrected chi connectivity index (χ3v) is 6.01. The van der Waals surface area contributed by atoms with Crippen molar-refractivity contribution in [2.45, 2.75) is 27.7 Å². The number of carbonyl (C=O) groups excluding carboxylic acids is 2. The average molecular weight is 439 g/mol. The van der Waals surface area contributed by atoms with Crippen LogP contribution in [0.1, 0.15) is 43.6 Å². The summed E-state index contributed by atoms with van der Waals surface area (Å²) in [6, 6.07) is 8.59. The predicted octanol–water partition coefficient (Wildman–Crippen LogP) is 3.48. The molecular weight excluding hydrogens is 411 g/mol. The number of hydrogen-bond donors (Lipinski definition) is 0. The van der Waals surface area contributed by atoms with Crippen molar-refractivity contribution in [3.63, 3.8) is 0 Å². The summed E-state index contributed by atoms with van der Waals surface area (Å²) in [7, 11) is 0. The Hall–Kier alpha value is -3.26. The minimum Gasteiger partial charge on any atom is -0.351 e. The number of ketones is 1. The third-order valence-electron chi connectivity index (χ3n) is 6.01. The highest BCUT2D eigenvalue weighted by Crippen LogP contribution is 2.23. The normalized spacial score (nSPS) is 14.7. The molecule has 0 spiro atoms. The Balaban J connectivity index is 1.42. The van der Waals surface area contributed by atoms with Gasteiger partial charge in [0, 0.05) is 54.9 Å². The van der Waals surface area contributed by atoms with Gasteiger partial charge in [-0.3, -0.25) is 14.5 Å². The van der Waals surface area contributed by atoms with E-state index in [9.17, 15) is 14.0 Å². The molecule has 0 radical (unpaired) electrons. The summed E-state index contributed by atoms with van der Waals surface area (Å²) >= 11 is 0. The van der Waals surface area contributed by atoms with Crippen molar-refractivity contribution in [2.24, 2.45) is 0 Å². The zero-order valence-corrected chi connectivity index (χ0v) is 18.8. The highest BCUT2D eigenvalue weighted by atomic mass is 19.1. The molecule has 2 aromatic heterocycles. The van der Waals surface area contributed by atoms with Crippen molar-refractivity contribution in [1.82, 2.24) is 19.5 Å². The van der Waals surface area contributed by atoms with Gasteiger partial charge >= 0.3 is 0 Å². The number of aryl methyl sites for hydroxylation is 3. The van der Waals surface area contributed by atoms with Gasteiger partial charge in [-0.25, -0.2) is 4.39 Å². The first kappa shape index (κ1) is 22.0.